The lowest BCUT2D eigenvalue weighted by atomic mass is 9.82. The molecule has 0 spiro atoms. The number of benzene rings is 8. The maximum Gasteiger partial charge on any atom is 0.169 e. The van der Waals surface area contributed by atoms with Crippen molar-refractivity contribution >= 4 is 45.5 Å². The van der Waals surface area contributed by atoms with Gasteiger partial charge < -0.3 is 40.9 Å². The van der Waals surface area contributed by atoms with E-state index in [2.05, 4.69) is 40.9 Å². The van der Waals surface area contributed by atoms with Crippen molar-refractivity contribution in [3.63, 3.8) is 0 Å². The van der Waals surface area contributed by atoms with Crippen molar-refractivity contribution in [2.45, 2.75) is 58.3 Å². The van der Waals surface area contributed by atoms with E-state index in [-0.39, 0.29) is 90.3 Å². The largest absolute Gasteiger partial charge is 0.505 e. The molecular weight excluding hydrogens is 1030 g/mol. The van der Waals surface area contributed by atoms with Gasteiger partial charge >= 0.3 is 0 Å². The number of phenols is 8. The van der Waals surface area contributed by atoms with Crippen molar-refractivity contribution in [2.75, 3.05) is 0 Å². The molecule has 81 heavy (non-hydrogen) atoms. The molecule has 3 atom stereocenters. The quantitative estimate of drug-likeness (QED) is 0.0444. The Hall–Kier alpha value is -11.5. The molecule has 0 saturated heterocycles. The van der Waals surface area contributed by atoms with Crippen molar-refractivity contribution in [2.24, 2.45) is 40.9 Å². The minimum Gasteiger partial charge on any atom is -0.505 e. The fraction of sp³-hybridized carbons (Fsp3) is 0.148. The minimum absolute atomic E-state index is 0.00568. The molecule has 8 aromatic rings. The second-order valence-corrected chi connectivity index (χ2v) is 18.9. The molecule has 0 aliphatic heterocycles. The molecule has 3 unspecified atom stereocenters. The van der Waals surface area contributed by atoms with Crippen LogP contribution in [0.3, 0.4) is 0 Å². The zero-order chi connectivity index (χ0) is 58.2. The lowest BCUT2D eigenvalue weighted by Crippen LogP contribution is -2.06. The van der Waals surface area contributed by atoms with Gasteiger partial charge in [-0.05, 0) is 109 Å². The molecule has 8 aromatic carbocycles. The van der Waals surface area contributed by atoms with Gasteiger partial charge in [-0.15, -0.1) is 20.5 Å². The van der Waals surface area contributed by atoms with Crippen molar-refractivity contribution in [3.05, 3.63) is 189 Å². The topological polar surface area (TPSA) is 356 Å². The van der Waals surface area contributed by atoms with E-state index in [1.165, 1.54) is 54.6 Å². The Morgan fingerprint density at radius 3 is 0.852 bits per heavy atom. The van der Waals surface area contributed by atoms with Gasteiger partial charge in [-0.3, -0.25) is 0 Å². The summed E-state index contributed by atoms with van der Waals surface area (Å²) in [6, 6.07) is 39.6. The SMILES string of the molecule is CC(C)c1cc(C(C)c2cc(C(C)c3cc(C(C)c4ccc(O)c(N=Nc5cccc(C#N)c5)c4O)c(O)c(N=Nc4cccc(C#N)c4)c3O)c(O)c(N=Nc3cccc(C#N)c3)c2O)c(O)c(N=Nc2cccc(C#N)c2)c1O. The van der Waals surface area contributed by atoms with Crippen LogP contribution in [0.4, 0.5) is 45.5 Å². The first-order valence-electron chi connectivity index (χ1n) is 24.9. The molecule has 400 valence electrons. The minimum atomic E-state index is -1.15. The first kappa shape index (κ1) is 55.7. The molecule has 20 heteroatoms. The number of phenolic OH excluding ortho intramolecular Hbond substituents is 8. The van der Waals surface area contributed by atoms with Gasteiger partial charge in [0, 0.05) is 51.1 Å². The first-order chi connectivity index (χ1) is 38.9. The summed E-state index contributed by atoms with van der Waals surface area (Å²) >= 11 is 0. The van der Waals surface area contributed by atoms with Gasteiger partial charge in [0.15, 0.2) is 57.2 Å². The molecule has 0 aromatic heterocycles. The molecule has 8 rings (SSSR count). The van der Waals surface area contributed by atoms with E-state index in [4.69, 9.17) is 0 Å². The summed E-state index contributed by atoms with van der Waals surface area (Å²) in [5.41, 5.74) is 0.956. The molecule has 0 fully saturated rings. The normalized spacial score (nSPS) is 12.6. The first-order valence-corrected chi connectivity index (χ1v) is 24.9. The lowest BCUT2D eigenvalue weighted by Gasteiger charge is -2.25. The van der Waals surface area contributed by atoms with E-state index in [0.29, 0.717) is 16.7 Å². The van der Waals surface area contributed by atoms with E-state index in [0.717, 1.165) is 0 Å². The summed E-state index contributed by atoms with van der Waals surface area (Å²) in [5.74, 6) is -7.91. The lowest BCUT2D eigenvalue weighted by molar-refractivity contribution is 0.433. The van der Waals surface area contributed by atoms with Crippen LogP contribution in [0.2, 0.25) is 0 Å². The average molecular weight is 1080 g/mol. The summed E-state index contributed by atoms with van der Waals surface area (Å²) in [7, 11) is 0. The number of azo groups is 4. The standard InChI is InChI=1S/C61H48N12O8/c1-31(2)44-24-45(57(77)52(56(44)76)71-67-40-15-7-11-36(21-40)28-63)33(4)48-26-49(61(81)54(60(48)80)73-69-42-17-9-13-38(23-42)30-65)34(5)47-25-46(58(78)53(59(47)79)72-68-41-16-8-12-37(22-41)29-64)32(3)43-18-19-50(74)51(55(43)75)70-66-39-14-6-10-35(20-39)27-62/h6-26,31-34,74-81H,1-5H3. The van der Waals surface area contributed by atoms with Crippen molar-refractivity contribution < 1.29 is 40.9 Å². The number of aromatic hydroxyl groups is 8. The Labute approximate surface area is 463 Å². The van der Waals surface area contributed by atoms with Crippen LogP contribution in [0.1, 0.15) is 119 Å². The van der Waals surface area contributed by atoms with Crippen LogP contribution in [0, 0.1) is 45.3 Å². The summed E-state index contributed by atoms with van der Waals surface area (Å²) in [4.78, 5) is 0. The molecule has 0 saturated carbocycles. The zero-order valence-corrected chi connectivity index (χ0v) is 43.9. The number of nitrogens with zero attached hydrogens (tertiary/aromatic N) is 12. The molecule has 20 nitrogen and oxygen atoms in total. The highest BCUT2D eigenvalue weighted by Crippen LogP contribution is 2.56. The predicted molar refractivity (Wildman–Crippen MR) is 297 cm³/mol. The van der Waals surface area contributed by atoms with E-state index < -0.39 is 69.4 Å². The maximum atomic E-state index is 12.4. The highest BCUT2D eigenvalue weighted by atomic mass is 16.3. The van der Waals surface area contributed by atoms with Gasteiger partial charge in [0.25, 0.3) is 0 Å². The second kappa shape index (κ2) is 23.8. The van der Waals surface area contributed by atoms with Crippen LogP contribution < -0.4 is 0 Å². The third-order valence-electron chi connectivity index (χ3n) is 13.5. The smallest absolute Gasteiger partial charge is 0.169 e. The molecular formula is C61H48N12O8. The zero-order valence-electron chi connectivity index (χ0n) is 43.9. The monoisotopic (exact) mass is 1080 g/mol. The van der Waals surface area contributed by atoms with E-state index in [9.17, 15) is 61.9 Å². The van der Waals surface area contributed by atoms with Crippen LogP contribution in [0.25, 0.3) is 0 Å². The highest BCUT2D eigenvalue weighted by Gasteiger charge is 2.32. The summed E-state index contributed by atoms with van der Waals surface area (Å²) < 4.78 is 0. The summed E-state index contributed by atoms with van der Waals surface area (Å²) in [6.45, 7) is 8.42. The average Bonchev–Trinajstić information content (AvgIpc) is 3.67. The fourth-order valence-electron chi connectivity index (χ4n) is 8.96. The number of hydrogen-bond donors (Lipinski definition) is 8. The van der Waals surface area contributed by atoms with Gasteiger partial charge in [-0.25, -0.2) is 0 Å². The van der Waals surface area contributed by atoms with Crippen molar-refractivity contribution in [1.29, 1.82) is 21.0 Å². The van der Waals surface area contributed by atoms with Crippen LogP contribution >= 0.6 is 0 Å². The fourth-order valence-corrected chi connectivity index (χ4v) is 8.96. The van der Waals surface area contributed by atoms with E-state index >= 15 is 0 Å². The third kappa shape index (κ3) is 11.6. The van der Waals surface area contributed by atoms with Crippen LogP contribution in [-0.4, -0.2) is 40.9 Å². The predicted octanol–water partition coefficient (Wildman–Crippen LogP) is 16.1. The highest BCUT2D eigenvalue weighted by molar-refractivity contribution is 5.76. The Balaban J connectivity index is 1.34. The Kier molecular flexibility index (Phi) is 16.4. The Morgan fingerprint density at radius 1 is 0.296 bits per heavy atom. The molecule has 0 heterocycles. The van der Waals surface area contributed by atoms with Gasteiger partial charge in [0.1, 0.15) is 11.5 Å². The van der Waals surface area contributed by atoms with Gasteiger partial charge in [0.2, 0.25) is 0 Å². The molecule has 0 bridgehead atoms. The van der Waals surface area contributed by atoms with E-state index in [1.54, 1.807) is 107 Å². The molecule has 0 aliphatic rings. The Bertz CT molecular complexity index is 4110. The number of nitriles is 4. The molecule has 8 N–H and O–H groups in total. The second-order valence-electron chi connectivity index (χ2n) is 18.9. The van der Waals surface area contributed by atoms with Gasteiger partial charge in [-0.1, -0.05) is 65.0 Å². The molecule has 0 radical (unpaired) electrons. The third-order valence-corrected chi connectivity index (χ3v) is 13.5. The van der Waals surface area contributed by atoms with Crippen LogP contribution in [0.15, 0.2) is 168 Å². The number of rotatable bonds is 15. The van der Waals surface area contributed by atoms with E-state index in [1.807, 2.05) is 24.3 Å². The number of hydrogen-bond acceptors (Lipinski definition) is 20. The molecule has 0 aliphatic carbocycles. The van der Waals surface area contributed by atoms with Gasteiger partial charge in [0.05, 0.1) is 69.3 Å². The van der Waals surface area contributed by atoms with Crippen molar-refractivity contribution in [1.82, 2.24) is 0 Å². The van der Waals surface area contributed by atoms with Gasteiger partial charge in [-0.2, -0.15) is 41.5 Å². The van der Waals surface area contributed by atoms with Crippen LogP contribution in [0.5, 0.6) is 46.0 Å². The summed E-state index contributed by atoms with van der Waals surface area (Å²) in [5, 5.41) is 167. The Morgan fingerprint density at radius 2 is 0.556 bits per heavy atom. The van der Waals surface area contributed by atoms with Crippen molar-refractivity contribution in [3.8, 4) is 70.3 Å². The maximum absolute atomic E-state index is 12.4. The molecule has 0 amide bonds. The van der Waals surface area contributed by atoms with Crippen LogP contribution in [-0.2, 0) is 0 Å². The summed E-state index contributed by atoms with van der Waals surface area (Å²) in [6.07, 6.45) is 0.